The molecule has 0 amide bonds. The Bertz CT molecular complexity index is 681. The van der Waals surface area contributed by atoms with Crippen LogP contribution in [0.25, 0.3) is 0 Å². The highest BCUT2D eigenvalue weighted by molar-refractivity contribution is 7.80. The molecule has 0 bridgehead atoms. The Morgan fingerprint density at radius 1 is 1.14 bits per heavy atom. The van der Waals surface area contributed by atoms with Gasteiger partial charge >= 0.3 is 6.18 Å². The first-order valence-corrected chi connectivity index (χ1v) is 6.53. The molecule has 0 radical (unpaired) electrons. The lowest BCUT2D eigenvalue weighted by atomic mass is 10.1. The van der Waals surface area contributed by atoms with Gasteiger partial charge in [0.1, 0.15) is 4.99 Å². The van der Waals surface area contributed by atoms with E-state index in [4.69, 9.17) is 18.0 Å². The molecule has 0 fully saturated rings. The number of alkyl halides is 3. The Labute approximate surface area is 125 Å². The van der Waals surface area contributed by atoms with E-state index in [2.05, 4.69) is 5.32 Å². The standard InChI is InChI=1S/C15H13F3N2S/c1-9-3-2-4-11(7-9)20-13-6-5-10(15(16,17)18)8-12(13)14(19)21/h2-8,20H,1H3,(H2,19,21). The van der Waals surface area contributed by atoms with Crippen LogP contribution in [0.4, 0.5) is 24.5 Å². The van der Waals surface area contributed by atoms with Crippen LogP contribution in [0.1, 0.15) is 16.7 Å². The van der Waals surface area contributed by atoms with Gasteiger partial charge in [-0.05, 0) is 42.8 Å². The first-order chi connectivity index (χ1) is 9.77. The molecule has 0 aliphatic heterocycles. The summed E-state index contributed by atoms with van der Waals surface area (Å²) in [5.41, 5.74) is 7.16. The third-order valence-corrected chi connectivity index (χ3v) is 3.13. The summed E-state index contributed by atoms with van der Waals surface area (Å²) < 4.78 is 38.2. The maximum Gasteiger partial charge on any atom is 0.416 e. The maximum absolute atomic E-state index is 12.7. The minimum absolute atomic E-state index is 0.0868. The molecule has 2 rings (SSSR count). The fourth-order valence-corrected chi connectivity index (χ4v) is 2.08. The van der Waals surface area contributed by atoms with E-state index in [0.717, 1.165) is 23.4 Å². The van der Waals surface area contributed by atoms with Gasteiger partial charge < -0.3 is 11.1 Å². The van der Waals surface area contributed by atoms with Crippen LogP contribution in [-0.2, 0) is 6.18 Å². The van der Waals surface area contributed by atoms with E-state index in [9.17, 15) is 13.2 Å². The molecule has 110 valence electrons. The number of nitrogens with two attached hydrogens (primary N) is 1. The maximum atomic E-state index is 12.7. The third kappa shape index (κ3) is 3.72. The van der Waals surface area contributed by atoms with Gasteiger partial charge in [0, 0.05) is 16.9 Å². The van der Waals surface area contributed by atoms with E-state index >= 15 is 0 Å². The lowest BCUT2D eigenvalue weighted by Gasteiger charge is -2.14. The SMILES string of the molecule is Cc1cccc(Nc2ccc(C(F)(F)F)cc2C(N)=S)c1. The predicted octanol–water partition coefficient (Wildman–Crippen LogP) is 4.39. The predicted molar refractivity (Wildman–Crippen MR) is 81.8 cm³/mol. The van der Waals surface area contributed by atoms with E-state index in [1.807, 2.05) is 31.2 Å². The number of hydrogen-bond donors (Lipinski definition) is 2. The van der Waals surface area contributed by atoms with E-state index in [-0.39, 0.29) is 10.6 Å². The van der Waals surface area contributed by atoms with Gasteiger partial charge in [-0.3, -0.25) is 0 Å². The number of thiocarbonyl (C=S) groups is 1. The van der Waals surface area contributed by atoms with Crippen LogP contribution in [-0.4, -0.2) is 4.99 Å². The molecule has 6 heteroatoms. The second kappa shape index (κ2) is 5.73. The summed E-state index contributed by atoms with van der Waals surface area (Å²) in [6.07, 6.45) is -4.43. The summed E-state index contributed by atoms with van der Waals surface area (Å²) in [6, 6.07) is 10.8. The van der Waals surface area contributed by atoms with Crippen molar-refractivity contribution in [3.63, 3.8) is 0 Å². The molecule has 2 nitrogen and oxygen atoms in total. The van der Waals surface area contributed by atoms with Gasteiger partial charge in [-0.2, -0.15) is 13.2 Å². The molecule has 0 aliphatic carbocycles. The second-order valence-electron chi connectivity index (χ2n) is 4.62. The van der Waals surface area contributed by atoms with Crippen molar-refractivity contribution in [1.82, 2.24) is 0 Å². The average Bonchev–Trinajstić information content (AvgIpc) is 2.37. The summed E-state index contributed by atoms with van der Waals surface area (Å²) in [6.45, 7) is 1.92. The lowest BCUT2D eigenvalue weighted by Crippen LogP contribution is -2.14. The molecule has 2 aromatic rings. The van der Waals surface area contributed by atoms with Crippen molar-refractivity contribution in [2.75, 3.05) is 5.32 Å². The Kier molecular flexibility index (Phi) is 4.18. The number of hydrogen-bond acceptors (Lipinski definition) is 2. The first-order valence-electron chi connectivity index (χ1n) is 6.12. The van der Waals surface area contributed by atoms with Crippen LogP contribution < -0.4 is 11.1 Å². The van der Waals surface area contributed by atoms with E-state index < -0.39 is 11.7 Å². The number of anilines is 2. The quantitative estimate of drug-likeness (QED) is 0.826. The van der Waals surface area contributed by atoms with Gasteiger partial charge in [-0.1, -0.05) is 24.4 Å². The summed E-state index contributed by atoms with van der Waals surface area (Å²) in [5.74, 6) is 0. The zero-order chi connectivity index (χ0) is 15.6. The van der Waals surface area contributed by atoms with Crippen LogP contribution >= 0.6 is 12.2 Å². The molecule has 0 unspecified atom stereocenters. The molecule has 0 aromatic heterocycles. The fourth-order valence-electron chi connectivity index (χ4n) is 1.91. The third-order valence-electron chi connectivity index (χ3n) is 2.91. The normalized spacial score (nSPS) is 11.2. The summed E-state index contributed by atoms with van der Waals surface area (Å²) in [5, 5.41) is 3.04. The van der Waals surface area contributed by atoms with Crippen LogP contribution in [0.3, 0.4) is 0 Å². The molecule has 0 heterocycles. The Morgan fingerprint density at radius 2 is 1.86 bits per heavy atom. The highest BCUT2D eigenvalue weighted by Gasteiger charge is 2.31. The largest absolute Gasteiger partial charge is 0.416 e. The van der Waals surface area contributed by atoms with E-state index in [0.29, 0.717) is 5.69 Å². The summed E-state index contributed by atoms with van der Waals surface area (Å²) in [4.78, 5) is -0.0868. The average molecular weight is 310 g/mol. The zero-order valence-corrected chi connectivity index (χ0v) is 12.0. The van der Waals surface area contributed by atoms with Crippen molar-refractivity contribution in [2.24, 2.45) is 5.73 Å². The molecule has 3 N–H and O–H groups in total. The van der Waals surface area contributed by atoms with Crippen LogP contribution in [0, 0.1) is 6.92 Å². The molecule has 0 atom stereocenters. The van der Waals surface area contributed by atoms with Gasteiger partial charge in [0.05, 0.1) is 5.56 Å². The number of benzene rings is 2. The lowest BCUT2D eigenvalue weighted by molar-refractivity contribution is -0.137. The molecular weight excluding hydrogens is 297 g/mol. The number of aryl methyl sites for hydroxylation is 1. The van der Waals surface area contributed by atoms with Crippen molar-refractivity contribution in [2.45, 2.75) is 13.1 Å². The highest BCUT2D eigenvalue weighted by atomic mass is 32.1. The van der Waals surface area contributed by atoms with Gasteiger partial charge in [0.15, 0.2) is 0 Å². The monoisotopic (exact) mass is 310 g/mol. The molecule has 2 aromatic carbocycles. The van der Waals surface area contributed by atoms with Gasteiger partial charge in [0.2, 0.25) is 0 Å². The van der Waals surface area contributed by atoms with Crippen molar-refractivity contribution in [3.05, 3.63) is 59.2 Å². The minimum atomic E-state index is -4.43. The first kappa shape index (κ1) is 15.3. The topological polar surface area (TPSA) is 38.0 Å². The van der Waals surface area contributed by atoms with Gasteiger partial charge in [-0.25, -0.2) is 0 Å². The summed E-state index contributed by atoms with van der Waals surface area (Å²) in [7, 11) is 0. The molecule has 21 heavy (non-hydrogen) atoms. The molecule has 0 saturated carbocycles. The van der Waals surface area contributed by atoms with Crippen LogP contribution in [0.2, 0.25) is 0 Å². The van der Waals surface area contributed by atoms with Crippen molar-refractivity contribution in [3.8, 4) is 0 Å². The zero-order valence-electron chi connectivity index (χ0n) is 11.2. The molecular formula is C15H13F3N2S. The Morgan fingerprint density at radius 3 is 2.43 bits per heavy atom. The summed E-state index contributed by atoms with van der Waals surface area (Å²) >= 11 is 4.84. The number of halogens is 3. The molecule has 0 aliphatic rings. The number of nitrogens with one attached hydrogen (secondary N) is 1. The highest BCUT2D eigenvalue weighted by Crippen LogP contribution is 2.32. The van der Waals surface area contributed by atoms with Crippen molar-refractivity contribution >= 4 is 28.6 Å². The second-order valence-corrected chi connectivity index (χ2v) is 5.06. The van der Waals surface area contributed by atoms with E-state index in [1.54, 1.807) is 0 Å². The van der Waals surface area contributed by atoms with Crippen LogP contribution in [0.15, 0.2) is 42.5 Å². The fraction of sp³-hybridized carbons (Fsp3) is 0.133. The number of rotatable bonds is 3. The van der Waals surface area contributed by atoms with Crippen LogP contribution in [0.5, 0.6) is 0 Å². The van der Waals surface area contributed by atoms with Gasteiger partial charge in [-0.15, -0.1) is 0 Å². The smallest absolute Gasteiger partial charge is 0.389 e. The van der Waals surface area contributed by atoms with Crippen molar-refractivity contribution in [1.29, 1.82) is 0 Å². The minimum Gasteiger partial charge on any atom is -0.389 e. The molecule has 0 spiro atoms. The van der Waals surface area contributed by atoms with Gasteiger partial charge in [0.25, 0.3) is 0 Å². The van der Waals surface area contributed by atoms with E-state index in [1.165, 1.54) is 6.07 Å². The Hall–Kier alpha value is -2.08. The van der Waals surface area contributed by atoms with Crippen molar-refractivity contribution < 1.29 is 13.2 Å². The molecule has 0 saturated heterocycles. The Balaban J connectivity index is 2.42.